The molecule has 0 saturated carbocycles. The average Bonchev–Trinajstić information content (AvgIpc) is 2.59. The van der Waals surface area contributed by atoms with Crippen LogP contribution in [-0.2, 0) is 6.54 Å². The Balaban J connectivity index is 2.15. The largest absolute Gasteiger partial charge is 0.493 e. The van der Waals surface area contributed by atoms with Crippen LogP contribution in [0.5, 0.6) is 17.2 Å². The molecule has 0 unspecified atom stereocenters. The van der Waals surface area contributed by atoms with Gasteiger partial charge in [0.2, 0.25) is 5.75 Å². The van der Waals surface area contributed by atoms with E-state index in [4.69, 9.17) is 25.8 Å². The van der Waals surface area contributed by atoms with Crippen LogP contribution in [0, 0.1) is 0 Å². The molecule has 0 radical (unpaired) electrons. The van der Waals surface area contributed by atoms with Crippen LogP contribution in [0.25, 0.3) is 0 Å². The quantitative estimate of drug-likeness (QED) is 0.822. The molecule has 2 rings (SSSR count). The zero-order valence-electron chi connectivity index (χ0n) is 13.9. The third-order valence-electron chi connectivity index (χ3n) is 3.75. The first-order chi connectivity index (χ1) is 11.1. The molecule has 23 heavy (non-hydrogen) atoms. The van der Waals surface area contributed by atoms with Crippen molar-refractivity contribution in [2.24, 2.45) is 0 Å². The van der Waals surface area contributed by atoms with E-state index in [2.05, 4.69) is 12.2 Å². The molecule has 0 aliphatic heterocycles. The van der Waals surface area contributed by atoms with Crippen molar-refractivity contribution in [2.75, 3.05) is 21.3 Å². The second-order valence-electron chi connectivity index (χ2n) is 5.15. The summed E-state index contributed by atoms with van der Waals surface area (Å²) in [6.45, 7) is 2.75. The highest BCUT2D eigenvalue weighted by atomic mass is 35.5. The van der Waals surface area contributed by atoms with Gasteiger partial charge in [-0.05, 0) is 30.7 Å². The molecule has 0 bridgehead atoms. The lowest BCUT2D eigenvalue weighted by Gasteiger charge is -2.18. The van der Waals surface area contributed by atoms with E-state index < -0.39 is 0 Å². The molecule has 5 heteroatoms. The van der Waals surface area contributed by atoms with E-state index in [1.807, 2.05) is 36.4 Å². The zero-order valence-corrected chi connectivity index (χ0v) is 14.6. The van der Waals surface area contributed by atoms with Gasteiger partial charge >= 0.3 is 0 Å². The van der Waals surface area contributed by atoms with Gasteiger partial charge in [0.05, 0.1) is 21.3 Å². The molecule has 0 aliphatic carbocycles. The van der Waals surface area contributed by atoms with E-state index >= 15 is 0 Å². The van der Waals surface area contributed by atoms with Crippen molar-refractivity contribution in [3.05, 3.63) is 52.5 Å². The Morgan fingerprint density at radius 1 is 0.913 bits per heavy atom. The summed E-state index contributed by atoms with van der Waals surface area (Å²) in [6.07, 6.45) is 0. The summed E-state index contributed by atoms with van der Waals surface area (Å²) >= 11 is 5.93. The van der Waals surface area contributed by atoms with Crippen molar-refractivity contribution in [2.45, 2.75) is 19.5 Å². The van der Waals surface area contributed by atoms with Crippen LogP contribution in [-0.4, -0.2) is 21.3 Å². The first-order valence-corrected chi connectivity index (χ1v) is 7.75. The number of rotatable bonds is 7. The van der Waals surface area contributed by atoms with Crippen molar-refractivity contribution < 1.29 is 14.2 Å². The third kappa shape index (κ3) is 4.09. The molecule has 1 N–H and O–H groups in total. The Bertz CT molecular complexity index is 643. The highest BCUT2D eigenvalue weighted by molar-refractivity contribution is 6.30. The lowest BCUT2D eigenvalue weighted by molar-refractivity contribution is 0.321. The van der Waals surface area contributed by atoms with E-state index in [1.165, 1.54) is 5.56 Å². The van der Waals surface area contributed by atoms with E-state index in [9.17, 15) is 0 Å². The van der Waals surface area contributed by atoms with Crippen LogP contribution >= 0.6 is 11.6 Å². The molecule has 0 aliphatic rings. The lowest BCUT2D eigenvalue weighted by atomic mass is 10.1. The maximum absolute atomic E-state index is 5.93. The summed E-state index contributed by atoms with van der Waals surface area (Å²) in [6, 6.07) is 11.9. The van der Waals surface area contributed by atoms with Gasteiger partial charge in [0, 0.05) is 23.2 Å². The molecule has 1 atom stereocenters. The highest BCUT2D eigenvalue weighted by Crippen LogP contribution is 2.39. The summed E-state index contributed by atoms with van der Waals surface area (Å²) in [7, 11) is 4.84. The molecule has 124 valence electrons. The summed E-state index contributed by atoms with van der Waals surface area (Å²) in [5.74, 6) is 1.94. The van der Waals surface area contributed by atoms with Crippen molar-refractivity contribution >= 4 is 11.6 Å². The number of methoxy groups -OCH3 is 3. The Morgan fingerprint density at radius 3 is 2.13 bits per heavy atom. The van der Waals surface area contributed by atoms with Crippen LogP contribution < -0.4 is 19.5 Å². The summed E-state index contributed by atoms with van der Waals surface area (Å²) in [5.41, 5.74) is 2.18. The Kier molecular flexibility index (Phi) is 6.13. The minimum absolute atomic E-state index is 0.185. The fourth-order valence-electron chi connectivity index (χ4n) is 2.43. The molecule has 2 aromatic rings. The number of benzene rings is 2. The molecule has 0 heterocycles. The molecule has 0 fully saturated rings. The highest BCUT2D eigenvalue weighted by Gasteiger charge is 2.16. The lowest BCUT2D eigenvalue weighted by Crippen LogP contribution is -2.18. The second-order valence-corrected chi connectivity index (χ2v) is 5.58. The Labute approximate surface area is 142 Å². The summed E-state index contributed by atoms with van der Waals surface area (Å²) < 4.78 is 16.2. The molecule has 0 aromatic heterocycles. The normalized spacial score (nSPS) is 11.9. The molecule has 2 aromatic carbocycles. The van der Waals surface area contributed by atoms with Gasteiger partial charge in [-0.25, -0.2) is 0 Å². The van der Waals surface area contributed by atoms with E-state index in [1.54, 1.807) is 21.3 Å². The monoisotopic (exact) mass is 335 g/mol. The molecule has 0 saturated heterocycles. The predicted molar refractivity (Wildman–Crippen MR) is 92.8 cm³/mol. The maximum atomic E-state index is 5.93. The van der Waals surface area contributed by atoms with Gasteiger partial charge in [-0.3, -0.25) is 0 Å². The van der Waals surface area contributed by atoms with E-state index in [-0.39, 0.29) is 6.04 Å². The molecular formula is C18H22ClNO3. The van der Waals surface area contributed by atoms with Crippen molar-refractivity contribution in [3.63, 3.8) is 0 Å². The predicted octanol–water partition coefficient (Wildman–Crippen LogP) is 4.22. The average molecular weight is 336 g/mol. The van der Waals surface area contributed by atoms with Crippen LogP contribution in [0.4, 0.5) is 0 Å². The summed E-state index contributed by atoms with van der Waals surface area (Å²) in [5, 5.41) is 4.22. The fraction of sp³-hybridized carbons (Fsp3) is 0.333. The second kappa shape index (κ2) is 8.09. The standard InChI is InChI=1S/C18H22ClNO3/c1-12(13-5-8-15(19)9-6-13)20-11-14-7-10-16(21-2)18(23-4)17(14)22-3/h5-10,12,20H,11H2,1-4H3/t12-/m0/s1. The Hall–Kier alpha value is -1.91. The molecule has 0 amide bonds. The number of hydrogen-bond acceptors (Lipinski definition) is 4. The SMILES string of the molecule is COc1ccc(CN[C@@H](C)c2ccc(Cl)cc2)c(OC)c1OC. The zero-order chi connectivity index (χ0) is 16.8. The van der Waals surface area contributed by atoms with Gasteiger partial charge in [-0.2, -0.15) is 0 Å². The first kappa shape index (κ1) is 17.4. The van der Waals surface area contributed by atoms with Crippen molar-refractivity contribution in [1.29, 1.82) is 0 Å². The minimum atomic E-state index is 0.185. The van der Waals surface area contributed by atoms with Crippen molar-refractivity contribution in [3.8, 4) is 17.2 Å². The fourth-order valence-corrected chi connectivity index (χ4v) is 2.56. The van der Waals surface area contributed by atoms with Gasteiger partial charge in [0.15, 0.2) is 11.5 Å². The number of ether oxygens (including phenoxy) is 3. The molecular weight excluding hydrogens is 314 g/mol. The van der Waals surface area contributed by atoms with Crippen LogP contribution in [0.2, 0.25) is 5.02 Å². The molecule has 0 spiro atoms. The van der Waals surface area contributed by atoms with Crippen LogP contribution in [0.3, 0.4) is 0 Å². The third-order valence-corrected chi connectivity index (χ3v) is 4.01. The van der Waals surface area contributed by atoms with E-state index in [0.717, 1.165) is 10.6 Å². The number of nitrogens with one attached hydrogen (secondary N) is 1. The number of halogens is 1. The molecule has 4 nitrogen and oxygen atoms in total. The van der Waals surface area contributed by atoms with Crippen LogP contribution in [0.15, 0.2) is 36.4 Å². The van der Waals surface area contributed by atoms with Gasteiger partial charge in [-0.15, -0.1) is 0 Å². The smallest absolute Gasteiger partial charge is 0.203 e. The summed E-state index contributed by atoms with van der Waals surface area (Å²) in [4.78, 5) is 0. The maximum Gasteiger partial charge on any atom is 0.203 e. The number of hydrogen-bond donors (Lipinski definition) is 1. The van der Waals surface area contributed by atoms with Gasteiger partial charge in [0.25, 0.3) is 0 Å². The first-order valence-electron chi connectivity index (χ1n) is 7.37. The van der Waals surface area contributed by atoms with Crippen LogP contribution in [0.1, 0.15) is 24.1 Å². The van der Waals surface area contributed by atoms with Gasteiger partial charge in [-0.1, -0.05) is 29.8 Å². The van der Waals surface area contributed by atoms with E-state index in [0.29, 0.717) is 23.8 Å². The van der Waals surface area contributed by atoms with Crippen molar-refractivity contribution in [1.82, 2.24) is 5.32 Å². The van der Waals surface area contributed by atoms with Gasteiger partial charge < -0.3 is 19.5 Å². The topological polar surface area (TPSA) is 39.7 Å². The van der Waals surface area contributed by atoms with Gasteiger partial charge in [0.1, 0.15) is 0 Å². The Morgan fingerprint density at radius 2 is 1.57 bits per heavy atom. The minimum Gasteiger partial charge on any atom is -0.493 e.